The molecule has 94 valence electrons. The summed E-state index contributed by atoms with van der Waals surface area (Å²) in [7, 11) is 1.82. The number of aromatic nitrogens is 1. The molecule has 0 aliphatic carbocycles. The molecular weight excluding hydrogens is 231 g/mol. The van der Waals surface area contributed by atoms with Gasteiger partial charge in [0.25, 0.3) is 0 Å². The summed E-state index contributed by atoms with van der Waals surface area (Å²) in [5, 5.41) is 2.97. The first kappa shape index (κ1) is 12.4. The normalized spacial score (nSPS) is 10.2. The second kappa shape index (κ2) is 5.49. The topological polar surface area (TPSA) is 34.1 Å². The zero-order valence-electron chi connectivity index (χ0n) is 10.4. The zero-order chi connectivity index (χ0) is 13.0. The highest BCUT2D eigenvalue weighted by atomic mass is 19.1. The molecule has 2 aromatic rings. The van der Waals surface area contributed by atoms with Crippen LogP contribution in [0.2, 0.25) is 0 Å². The van der Waals surface area contributed by atoms with Gasteiger partial charge in [0.1, 0.15) is 24.0 Å². The molecule has 0 aliphatic rings. The number of nitrogens with one attached hydrogen (secondary N) is 1. The molecule has 3 nitrogen and oxygen atoms in total. The second-order valence-electron chi connectivity index (χ2n) is 4.00. The average Bonchev–Trinajstić information content (AvgIpc) is 2.40. The van der Waals surface area contributed by atoms with Crippen molar-refractivity contribution in [2.75, 3.05) is 12.4 Å². The number of aryl methyl sites for hydroxylation is 1. The maximum atomic E-state index is 13.1. The van der Waals surface area contributed by atoms with E-state index >= 15 is 0 Å². The Kier molecular flexibility index (Phi) is 3.77. The fourth-order valence-electron chi connectivity index (χ4n) is 1.57. The number of anilines is 1. The molecule has 1 N–H and O–H groups in total. The van der Waals surface area contributed by atoms with Crippen LogP contribution in [-0.2, 0) is 6.61 Å². The Balaban J connectivity index is 2.04. The van der Waals surface area contributed by atoms with Crippen molar-refractivity contribution in [3.63, 3.8) is 0 Å². The lowest BCUT2D eigenvalue weighted by molar-refractivity contribution is 0.305. The number of rotatable bonds is 4. The van der Waals surface area contributed by atoms with E-state index in [1.807, 2.05) is 19.2 Å². The largest absolute Gasteiger partial charge is 0.489 e. The quantitative estimate of drug-likeness (QED) is 0.899. The Bertz CT molecular complexity index is 543. The highest BCUT2D eigenvalue weighted by Crippen LogP contribution is 2.17. The molecular formula is C14H15FN2O. The number of pyridine rings is 1. The molecule has 0 spiro atoms. The Labute approximate surface area is 106 Å². The van der Waals surface area contributed by atoms with Crippen LogP contribution in [0.5, 0.6) is 5.75 Å². The van der Waals surface area contributed by atoms with Gasteiger partial charge in [-0.15, -0.1) is 0 Å². The van der Waals surface area contributed by atoms with E-state index in [0.717, 1.165) is 11.4 Å². The van der Waals surface area contributed by atoms with Gasteiger partial charge in [-0.1, -0.05) is 0 Å². The van der Waals surface area contributed by atoms with Crippen molar-refractivity contribution < 1.29 is 9.13 Å². The van der Waals surface area contributed by atoms with Gasteiger partial charge in [0.15, 0.2) is 0 Å². The molecule has 0 saturated carbocycles. The molecule has 0 atom stereocenters. The summed E-state index contributed by atoms with van der Waals surface area (Å²) in [4.78, 5) is 4.12. The number of hydrogen-bond donors (Lipinski definition) is 1. The van der Waals surface area contributed by atoms with E-state index in [2.05, 4.69) is 10.3 Å². The van der Waals surface area contributed by atoms with Crippen LogP contribution >= 0.6 is 0 Å². The van der Waals surface area contributed by atoms with Crippen molar-refractivity contribution in [1.82, 2.24) is 4.98 Å². The molecule has 0 saturated heterocycles. The van der Waals surface area contributed by atoms with E-state index < -0.39 is 0 Å². The Hall–Kier alpha value is -2.10. The van der Waals surface area contributed by atoms with E-state index in [-0.39, 0.29) is 5.82 Å². The molecule has 18 heavy (non-hydrogen) atoms. The van der Waals surface area contributed by atoms with Crippen LogP contribution in [0.15, 0.2) is 36.5 Å². The van der Waals surface area contributed by atoms with E-state index in [4.69, 9.17) is 4.74 Å². The lowest BCUT2D eigenvalue weighted by Crippen LogP contribution is -1.99. The first-order valence-corrected chi connectivity index (χ1v) is 5.70. The molecule has 0 bridgehead atoms. The standard InChI is InChI=1S/C14H15FN2O/c1-10-7-12(3-4-13(10)15)18-9-11-5-6-17-14(8-11)16-2/h3-8H,9H2,1-2H3,(H,16,17). The van der Waals surface area contributed by atoms with Gasteiger partial charge < -0.3 is 10.1 Å². The van der Waals surface area contributed by atoms with Gasteiger partial charge in [0, 0.05) is 13.2 Å². The minimum absolute atomic E-state index is 0.219. The maximum Gasteiger partial charge on any atom is 0.126 e. The lowest BCUT2D eigenvalue weighted by atomic mass is 10.2. The molecule has 1 aromatic heterocycles. The van der Waals surface area contributed by atoms with Crippen molar-refractivity contribution in [2.24, 2.45) is 0 Å². The van der Waals surface area contributed by atoms with E-state index in [1.54, 1.807) is 25.3 Å². The average molecular weight is 246 g/mol. The maximum absolute atomic E-state index is 13.1. The number of ether oxygens (including phenoxy) is 1. The fraction of sp³-hybridized carbons (Fsp3) is 0.214. The van der Waals surface area contributed by atoms with Crippen LogP contribution in [0, 0.1) is 12.7 Å². The zero-order valence-corrected chi connectivity index (χ0v) is 10.4. The van der Waals surface area contributed by atoms with E-state index in [1.165, 1.54) is 6.07 Å². The number of hydrogen-bond acceptors (Lipinski definition) is 3. The molecule has 1 aromatic carbocycles. The Morgan fingerprint density at radius 2 is 2.11 bits per heavy atom. The minimum Gasteiger partial charge on any atom is -0.489 e. The number of nitrogens with zero attached hydrogens (tertiary/aromatic N) is 1. The first-order valence-electron chi connectivity index (χ1n) is 5.70. The molecule has 1 heterocycles. The second-order valence-corrected chi connectivity index (χ2v) is 4.00. The number of halogens is 1. The van der Waals surface area contributed by atoms with Crippen LogP contribution in [0.1, 0.15) is 11.1 Å². The van der Waals surface area contributed by atoms with Crippen molar-refractivity contribution in [3.05, 3.63) is 53.5 Å². The SMILES string of the molecule is CNc1cc(COc2ccc(F)c(C)c2)ccn1. The third kappa shape index (κ3) is 2.97. The monoisotopic (exact) mass is 246 g/mol. The molecule has 0 aliphatic heterocycles. The van der Waals surface area contributed by atoms with Crippen molar-refractivity contribution in [3.8, 4) is 5.75 Å². The Morgan fingerprint density at radius 1 is 1.28 bits per heavy atom. The highest BCUT2D eigenvalue weighted by Gasteiger charge is 2.01. The number of benzene rings is 1. The van der Waals surface area contributed by atoms with Gasteiger partial charge in [-0.2, -0.15) is 0 Å². The first-order chi connectivity index (χ1) is 8.69. The van der Waals surface area contributed by atoms with Crippen LogP contribution in [-0.4, -0.2) is 12.0 Å². The predicted molar refractivity (Wildman–Crippen MR) is 69.3 cm³/mol. The fourth-order valence-corrected chi connectivity index (χ4v) is 1.57. The van der Waals surface area contributed by atoms with Crippen LogP contribution < -0.4 is 10.1 Å². The van der Waals surface area contributed by atoms with Crippen molar-refractivity contribution in [1.29, 1.82) is 0 Å². The summed E-state index contributed by atoms with van der Waals surface area (Å²) in [6.07, 6.45) is 1.72. The molecule has 0 amide bonds. The third-order valence-electron chi connectivity index (χ3n) is 2.62. The smallest absolute Gasteiger partial charge is 0.126 e. The third-order valence-corrected chi connectivity index (χ3v) is 2.62. The molecule has 2 rings (SSSR count). The molecule has 0 unspecified atom stereocenters. The van der Waals surface area contributed by atoms with Gasteiger partial charge in [-0.25, -0.2) is 9.37 Å². The Morgan fingerprint density at radius 3 is 2.83 bits per heavy atom. The van der Waals surface area contributed by atoms with Gasteiger partial charge >= 0.3 is 0 Å². The van der Waals surface area contributed by atoms with Crippen LogP contribution in [0.3, 0.4) is 0 Å². The molecule has 4 heteroatoms. The van der Waals surface area contributed by atoms with Crippen LogP contribution in [0.25, 0.3) is 0 Å². The summed E-state index contributed by atoms with van der Waals surface area (Å²) >= 11 is 0. The summed E-state index contributed by atoms with van der Waals surface area (Å²) in [5.41, 5.74) is 1.59. The predicted octanol–water partition coefficient (Wildman–Crippen LogP) is 3.15. The van der Waals surface area contributed by atoms with Gasteiger partial charge in [0.2, 0.25) is 0 Å². The van der Waals surface area contributed by atoms with Gasteiger partial charge in [0.05, 0.1) is 0 Å². The summed E-state index contributed by atoms with van der Waals surface area (Å²) in [5.74, 6) is 1.24. The minimum atomic E-state index is -0.219. The summed E-state index contributed by atoms with van der Waals surface area (Å²) in [6, 6.07) is 8.53. The highest BCUT2D eigenvalue weighted by molar-refractivity contribution is 5.36. The van der Waals surface area contributed by atoms with Gasteiger partial charge in [-0.05, 0) is 48.4 Å². The summed E-state index contributed by atoms with van der Waals surface area (Å²) < 4.78 is 18.7. The molecule has 0 fully saturated rings. The van der Waals surface area contributed by atoms with Crippen LogP contribution in [0.4, 0.5) is 10.2 Å². The van der Waals surface area contributed by atoms with Crippen molar-refractivity contribution in [2.45, 2.75) is 13.5 Å². The van der Waals surface area contributed by atoms with Crippen molar-refractivity contribution >= 4 is 5.82 Å². The van der Waals surface area contributed by atoms with E-state index in [9.17, 15) is 4.39 Å². The summed E-state index contributed by atoms with van der Waals surface area (Å²) in [6.45, 7) is 2.15. The lowest BCUT2D eigenvalue weighted by Gasteiger charge is -2.08. The van der Waals surface area contributed by atoms with Gasteiger partial charge in [-0.3, -0.25) is 0 Å². The molecule has 0 radical (unpaired) electrons. The van der Waals surface area contributed by atoms with E-state index in [0.29, 0.717) is 17.9 Å².